The van der Waals surface area contributed by atoms with Gasteiger partial charge in [-0.1, -0.05) is 22.0 Å². The number of nitrogens with one attached hydrogen (secondary N) is 1. The first-order valence-corrected chi connectivity index (χ1v) is 7.10. The third kappa shape index (κ3) is 4.87. The minimum absolute atomic E-state index is 0.839. The Bertz CT molecular complexity index is 320. The lowest BCUT2D eigenvalue weighted by Gasteiger charge is -2.06. The van der Waals surface area contributed by atoms with Crippen LogP contribution in [0, 0.1) is 0 Å². The number of hydrogen-bond donors (Lipinski definition) is 1. The lowest BCUT2D eigenvalue weighted by Crippen LogP contribution is -2.05. The summed E-state index contributed by atoms with van der Waals surface area (Å²) >= 11 is 5.46. The molecule has 0 aliphatic heterocycles. The number of methoxy groups -OCH3 is 1. The third-order valence-electron chi connectivity index (χ3n) is 2.15. The first kappa shape index (κ1) is 14.0. The fourth-order valence-corrected chi connectivity index (χ4v) is 2.88. The Morgan fingerprint density at radius 1 is 1.44 bits per heavy atom. The molecule has 0 spiro atoms. The van der Waals surface area contributed by atoms with Crippen LogP contribution in [0.3, 0.4) is 0 Å². The number of rotatable bonds is 7. The molecule has 0 heterocycles. The third-order valence-corrected chi connectivity index (χ3v) is 3.97. The molecule has 1 rings (SSSR count). The first-order chi connectivity index (χ1) is 7.77. The van der Waals surface area contributed by atoms with Crippen molar-refractivity contribution < 1.29 is 4.74 Å². The molecule has 0 saturated heterocycles. The van der Waals surface area contributed by atoms with Gasteiger partial charge in [0, 0.05) is 35.4 Å². The van der Waals surface area contributed by atoms with Gasteiger partial charge in [0.15, 0.2) is 0 Å². The summed E-state index contributed by atoms with van der Waals surface area (Å²) in [5.41, 5.74) is 1.30. The predicted molar refractivity (Wildman–Crippen MR) is 74.1 cm³/mol. The van der Waals surface area contributed by atoms with Crippen molar-refractivity contribution >= 4 is 27.7 Å². The quantitative estimate of drug-likeness (QED) is 0.617. The summed E-state index contributed by atoms with van der Waals surface area (Å²) in [7, 11) is 3.70. The molecule has 0 radical (unpaired) electrons. The zero-order chi connectivity index (χ0) is 11.8. The molecule has 2 nitrogen and oxygen atoms in total. The summed E-state index contributed by atoms with van der Waals surface area (Å²) in [6, 6.07) is 6.53. The van der Waals surface area contributed by atoms with Gasteiger partial charge in [-0.15, -0.1) is 11.8 Å². The highest BCUT2D eigenvalue weighted by Crippen LogP contribution is 2.25. The molecule has 0 aromatic heterocycles. The highest BCUT2D eigenvalue weighted by Gasteiger charge is 2.01. The second-order valence-electron chi connectivity index (χ2n) is 3.48. The van der Waals surface area contributed by atoms with Crippen LogP contribution in [0.4, 0.5) is 0 Å². The maximum atomic E-state index is 5.02. The van der Waals surface area contributed by atoms with E-state index in [1.165, 1.54) is 14.9 Å². The standard InChI is InChI=1S/C12H18BrNOS/c1-14-9-10-4-5-11(8-12(10)13)16-7-3-6-15-2/h4-5,8,14H,3,6-7,9H2,1-2H3. The number of halogens is 1. The van der Waals surface area contributed by atoms with Crippen molar-refractivity contribution in [1.82, 2.24) is 5.32 Å². The van der Waals surface area contributed by atoms with Crippen LogP contribution in [0.5, 0.6) is 0 Å². The summed E-state index contributed by atoms with van der Waals surface area (Å²) in [6.45, 7) is 1.74. The molecular formula is C12H18BrNOS. The Morgan fingerprint density at radius 3 is 2.88 bits per heavy atom. The molecule has 0 aliphatic rings. The molecule has 0 fully saturated rings. The zero-order valence-corrected chi connectivity index (χ0v) is 12.2. The van der Waals surface area contributed by atoms with Crippen LogP contribution in [0.25, 0.3) is 0 Å². The van der Waals surface area contributed by atoms with Crippen molar-refractivity contribution in [2.45, 2.75) is 17.9 Å². The summed E-state index contributed by atoms with van der Waals surface area (Å²) < 4.78 is 6.20. The van der Waals surface area contributed by atoms with E-state index in [0.29, 0.717) is 0 Å². The predicted octanol–water partition coefficient (Wildman–Crippen LogP) is 3.30. The van der Waals surface area contributed by atoms with E-state index in [0.717, 1.165) is 25.3 Å². The van der Waals surface area contributed by atoms with Gasteiger partial charge >= 0.3 is 0 Å². The van der Waals surface area contributed by atoms with Crippen molar-refractivity contribution in [3.05, 3.63) is 28.2 Å². The van der Waals surface area contributed by atoms with Crippen LogP contribution in [-0.4, -0.2) is 26.5 Å². The Kier molecular flexibility index (Phi) is 7.12. The van der Waals surface area contributed by atoms with E-state index in [2.05, 4.69) is 39.4 Å². The Hall–Kier alpha value is -0.0300. The van der Waals surface area contributed by atoms with Crippen molar-refractivity contribution in [3.8, 4) is 0 Å². The molecule has 16 heavy (non-hydrogen) atoms. The van der Waals surface area contributed by atoms with Crippen LogP contribution < -0.4 is 5.32 Å². The number of ether oxygens (including phenoxy) is 1. The van der Waals surface area contributed by atoms with Gasteiger partial charge in [0.1, 0.15) is 0 Å². The number of benzene rings is 1. The fraction of sp³-hybridized carbons (Fsp3) is 0.500. The van der Waals surface area contributed by atoms with Crippen LogP contribution in [0.2, 0.25) is 0 Å². The first-order valence-electron chi connectivity index (χ1n) is 5.32. The molecule has 1 aromatic carbocycles. The summed E-state index contributed by atoms with van der Waals surface area (Å²) in [5.74, 6) is 1.10. The van der Waals surface area contributed by atoms with Crippen molar-refractivity contribution in [2.75, 3.05) is 26.5 Å². The van der Waals surface area contributed by atoms with E-state index in [1.807, 2.05) is 18.8 Å². The molecule has 0 atom stereocenters. The van der Waals surface area contributed by atoms with Crippen molar-refractivity contribution in [3.63, 3.8) is 0 Å². The van der Waals surface area contributed by atoms with Gasteiger partial charge in [0.25, 0.3) is 0 Å². The van der Waals surface area contributed by atoms with E-state index < -0.39 is 0 Å². The van der Waals surface area contributed by atoms with Crippen LogP contribution in [0.15, 0.2) is 27.6 Å². The van der Waals surface area contributed by atoms with Crippen LogP contribution in [0.1, 0.15) is 12.0 Å². The largest absolute Gasteiger partial charge is 0.385 e. The topological polar surface area (TPSA) is 21.3 Å². The van der Waals surface area contributed by atoms with E-state index in [-0.39, 0.29) is 0 Å². The minimum atomic E-state index is 0.839. The zero-order valence-electron chi connectivity index (χ0n) is 9.75. The van der Waals surface area contributed by atoms with Crippen molar-refractivity contribution in [2.24, 2.45) is 0 Å². The second kappa shape index (κ2) is 8.12. The van der Waals surface area contributed by atoms with Gasteiger partial charge in [-0.2, -0.15) is 0 Å². The molecule has 1 N–H and O–H groups in total. The normalized spacial score (nSPS) is 10.7. The van der Waals surface area contributed by atoms with Crippen LogP contribution in [-0.2, 0) is 11.3 Å². The Labute approximate surface area is 110 Å². The molecule has 90 valence electrons. The number of hydrogen-bond acceptors (Lipinski definition) is 3. The van der Waals surface area contributed by atoms with Gasteiger partial charge in [0.05, 0.1) is 0 Å². The fourth-order valence-electron chi connectivity index (χ4n) is 1.34. The SMILES string of the molecule is CNCc1ccc(SCCCOC)cc1Br. The summed E-state index contributed by atoms with van der Waals surface area (Å²) in [5, 5.41) is 3.15. The minimum Gasteiger partial charge on any atom is -0.385 e. The maximum absolute atomic E-state index is 5.02. The molecule has 4 heteroatoms. The summed E-state index contributed by atoms with van der Waals surface area (Å²) in [4.78, 5) is 1.31. The van der Waals surface area contributed by atoms with E-state index in [9.17, 15) is 0 Å². The van der Waals surface area contributed by atoms with E-state index in [4.69, 9.17) is 4.74 Å². The van der Waals surface area contributed by atoms with E-state index in [1.54, 1.807) is 7.11 Å². The monoisotopic (exact) mass is 303 g/mol. The highest BCUT2D eigenvalue weighted by molar-refractivity contribution is 9.10. The van der Waals surface area contributed by atoms with Crippen molar-refractivity contribution in [1.29, 1.82) is 0 Å². The Balaban J connectivity index is 2.46. The van der Waals surface area contributed by atoms with Gasteiger partial charge in [0.2, 0.25) is 0 Å². The lowest BCUT2D eigenvalue weighted by atomic mass is 10.2. The Morgan fingerprint density at radius 2 is 2.25 bits per heavy atom. The lowest BCUT2D eigenvalue weighted by molar-refractivity contribution is 0.200. The van der Waals surface area contributed by atoms with Gasteiger partial charge in [-0.3, -0.25) is 0 Å². The van der Waals surface area contributed by atoms with Crippen LogP contribution >= 0.6 is 27.7 Å². The van der Waals surface area contributed by atoms with Gasteiger partial charge in [-0.05, 0) is 31.2 Å². The average molecular weight is 304 g/mol. The molecule has 0 saturated carbocycles. The van der Waals surface area contributed by atoms with Gasteiger partial charge < -0.3 is 10.1 Å². The average Bonchev–Trinajstić information content (AvgIpc) is 2.28. The molecular weight excluding hydrogens is 286 g/mol. The molecule has 1 aromatic rings. The maximum Gasteiger partial charge on any atom is 0.0470 e. The smallest absolute Gasteiger partial charge is 0.0470 e. The summed E-state index contributed by atoms with van der Waals surface area (Å²) in [6.07, 6.45) is 1.09. The van der Waals surface area contributed by atoms with Gasteiger partial charge in [-0.25, -0.2) is 0 Å². The molecule has 0 aliphatic carbocycles. The van der Waals surface area contributed by atoms with E-state index >= 15 is 0 Å². The molecule has 0 unspecified atom stereocenters. The highest BCUT2D eigenvalue weighted by atomic mass is 79.9. The molecule has 0 amide bonds. The molecule has 0 bridgehead atoms. The number of thioether (sulfide) groups is 1. The second-order valence-corrected chi connectivity index (χ2v) is 5.50.